The number of hydrogen-bond donors (Lipinski definition) is 26. The van der Waals surface area contributed by atoms with Gasteiger partial charge in [0, 0.05) is 58.8 Å². The number of carboxylic acid groups (broad SMARTS) is 3. The summed E-state index contributed by atoms with van der Waals surface area (Å²) in [6.45, 7) is -0.595. The number of allylic oxidation sites excluding steroid dienone is 3. The summed E-state index contributed by atoms with van der Waals surface area (Å²) in [6.07, 6.45) is -27.5. The highest BCUT2D eigenvalue weighted by molar-refractivity contribution is 5.79. The fourth-order valence-electron chi connectivity index (χ4n) is 18.7. The number of ether oxygens (including phenoxy) is 12. The van der Waals surface area contributed by atoms with Gasteiger partial charge in [0.25, 0.3) is 17.4 Å². The average molecular weight is 2020 g/mol. The lowest BCUT2D eigenvalue weighted by Gasteiger charge is -2.53. The molecule has 46 nitrogen and oxygen atoms in total. The molecule has 3 unspecified atom stereocenters. The van der Waals surface area contributed by atoms with E-state index in [1.807, 2.05) is 0 Å². The van der Waals surface area contributed by atoms with Crippen LogP contribution < -0.4 is 21.3 Å². The number of carbonyl (C=O) groups excluding carboxylic acids is 5. The number of carbonyl (C=O) groups is 8. The molecular weight excluding hydrogens is 1860 g/mol. The second-order valence-electron chi connectivity index (χ2n) is 37.8. The van der Waals surface area contributed by atoms with Crippen molar-refractivity contribution in [3.05, 3.63) is 24.3 Å². The van der Waals surface area contributed by atoms with Crippen molar-refractivity contribution in [1.82, 2.24) is 21.3 Å². The van der Waals surface area contributed by atoms with Gasteiger partial charge >= 0.3 is 17.9 Å². The number of rotatable bonds is 67. The molecule has 0 bridgehead atoms. The van der Waals surface area contributed by atoms with E-state index in [1.165, 1.54) is 83.1 Å². The maximum atomic E-state index is 14.5. The predicted octanol–water partition coefficient (Wildman–Crippen LogP) is -2.09. The van der Waals surface area contributed by atoms with Gasteiger partial charge in [-0.05, 0) is 51.9 Å². The third-order valence-electron chi connectivity index (χ3n) is 26.4. The Morgan fingerprint density at radius 2 is 0.786 bits per heavy atom. The van der Waals surface area contributed by atoms with Gasteiger partial charge in [0.15, 0.2) is 18.9 Å². The lowest BCUT2D eigenvalue weighted by molar-refractivity contribution is -0.404. The molecule has 810 valence electrons. The van der Waals surface area contributed by atoms with Crippen molar-refractivity contribution in [2.24, 2.45) is 5.92 Å². The van der Waals surface area contributed by atoms with Crippen molar-refractivity contribution in [3.63, 3.8) is 0 Å². The Hall–Kier alpha value is -5.80. The van der Waals surface area contributed by atoms with Crippen molar-refractivity contribution in [1.29, 1.82) is 0 Å². The van der Waals surface area contributed by atoms with Crippen LogP contribution in [-0.4, -0.2) is 413 Å². The van der Waals surface area contributed by atoms with Crippen molar-refractivity contribution in [2.45, 2.75) is 467 Å². The van der Waals surface area contributed by atoms with Crippen LogP contribution in [0.3, 0.4) is 0 Å². The highest BCUT2D eigenvalue weighted by atomic mass is 16.8. The highest BCUT2D eigenvalue weighted by Crippen LogP contribution is 2.45. The number of Topliss-reactive ketones (excluding diaryl/α,β-unsaturated/α-hetero) is 1. The van der Waals surface area contributed by atoms with Crippen molar-refractivity contribution in [3.8, 4) is 0 Å². The molecule has 6 aliphatic heterocycles. The summed E-state index contributed by atoms with van der Waals surface area (Å²) in [5, 5.41) is 261. The summed E-state index contributed by atoms with van der Waals surface area (Å²) in [5.41, 5.74) is 0. The van der Waals surface area contributed by atoms with E-state index in [1.54, 1.807) is 6.08 Å². The zero-order valence-electron chi connectivity index (χ0n) is 81.3. The minimum absolute atomic E-state index is 0.0771. The molecule has 0 saturated carbocycles. The number of aliphatic carboxylic acids is 3. The van der Waals surface area contributed by atoms with E-state index in [4.69, 9.17) is 56.8 Å². The number of ketones is 1. The Morgan fingerprint density at radius 3 is 1.19 bits per heavy atom. The molecule has 0 aliphatic carbocycles. The third kappa shape index (κ3) is 36.4. The lowest BCUT2D eigenvalue weighted by Crippen LogP contribution is -2.72. The van der Waals surface area contributed by atoms with Gasteiger partial charge in [0.2, 0.25) is 23.6 Å². The number of nitrogens with one attached hydrogen (secondary N) is 4. The first-order valence-electron chi connectivity index (χ1n) is 49.7. The second kappa shape index (κ2) is 62.4. The maximum Gasteiger partial charge on any atom is 0.364 e. The van der Waals surface area contributed by atoms with Crippen LogP contribution in [0.1, 0.15) is 260 Å². The summed E-state index contributed by atoms with van der Waals surface area (Å²) in [5.74, 6) is -23.6. The summed E-state index contributed by atoms with van der Waals surface area (Å²) < 4.78 is 72.0. The Bertz CT molecular complexity index is 3700. The van der Waals surface area contributed by atoms with Crippen molar-refractivity contribution < 1.29 is 208 Å². The molecule has 26 N–H and O–H groups in total. The number of aliphatic hydroxyl groups excluding tert-OH is 19. The molecule has 0 aromatic carbocycles. The van der Waals surface area contributed by atoms with E-state index >= 15 is 0 Å². The Labute approximate surface area is 816 Å². The zero-order valence-corrected chi connectivity index (χ0v) is 81.3. The second-order valence-corrected chi connectivity index (χ2v) is 37.8. The summed E-state index contributed by atoms with van der Waals surface area (Å²) in [4.78, 5) is 107. The molecule has 0 aromatic rings. The molecule has 6 rings (SSSR count). The van der Waals surface area contributed by atoms with Crippen LogP contribution in [0.2, 0.25) is 0 Å². The molecule has 140 heavy (non-hydrogen) atoms. The fourth-order valence-corrected chi connectivity index (χ4v) is 18.7. The van der Waals surface area contributed by atoms with Gasteiger partial charge in [-0.15, -0.1) is 0 Å². The monoisotopic (exact) mass is 2020 g/mol. The van der Waals surface area contributed by atoms with Gasteiger partial charge in [-0.1, -0.05) is 179 Å². The van der Waals surface area contributed by atoms with E-state index in [2.05, 4.69) is 47.3 Å². The van der Waals surface area contributed by atoms with Gasteiger partial charge in [-0.2, -0.15) is 0 Å². The minimum atomic E-state index is -3.71. The normalized spacial score (nSPS) is 33.4. The molecule has 4 amide bonds. The molecule has 0 radical (unpaired) electrons. The van der Waals surface area contributed by atoms with E-state index in [0.29, 0.717) is 12.8 Å². The SMILES string of the molecule is CCCCCCCC/C=C\CCCCCCCCCCCC(=O)N[C@@H](CO[C@@H]1O[C@H](CO)[C@@H](O[C@@H]2O[C@H](CO)[C@H](O[C@@H]3O[C@H](CO)[C@H](O)[C@H](O)[C@H]3CC(C)=O)[C@H](O[C@]3(C(=O)O)C[C@H](O)[C@@H](NC(C)=O)C([C@H](O)[C@@H](CO)O[C@]4(C(=O)O)C[C@H](O)[C@@H](NC(C)=O)C([C@H](O)[C@@H](CO)O[C@]5(C(=O)O)C[C@H](O)[C@@H](NC(C)=O)C([C@H](O)[C@H](O)CO)O5)O4)O3)[C@H]2O)[C@H](O)[C@H]1O)[C@H](O)/C=C/CCCCCCCCCCCCC. The van der Waals surface area contributed by atoms with Gasteiger partial charge in [0.05, 0.1) is 101 Å². The third-order valence-corrected chi connectivity index (χ3v) is 26.4. The number of aliphatic hydroxyl groups is 19. The van der Waals surface area contributed by atoms with E-state index < -0.39 is 332 Å². The number of amides is 4. The van der Waals surface area contributed by atoms with Gasteiger partial charge < -0.3 is 195 Å². The summed E-state index contributed by atoms with van der Waals surface area (Å²) in [6, 6.07) is -7.30. The van der Waals surface area contributed by atoms with E-state index in [-0.39, 0.29) is 6.42 Å². The first-order chi connectivity index (χ1) is 66.6. The van der Waals surface area contributed by atoms with Crippen LogP contribution in [0.5, 0.6) is 0 Å². The molecule has 6 saturated heterocycles. The molecule has 35 atom stereocenters. The van der Waals surface area contributed by atoms with Crippen molar-refractivity contribution >= 4 is 47.3 Å². The minimum Gasteiger partial charge on any atom is -0.477 e. The molecule has 46 heteroatoms. The Morgan fingerprint density at radius 1 is 0.407 bits per heavy atom. The molecular formula is C94H162N4O42. The molecule has 6 aliphatic rings. The van der Waals surface area contributed by atoms with Crippen LogP contribution in [0.15, 0.2) is 24.3 Å². The van der Waals surface area contributed by atoms with Gasteiger partial charge in [-0.25, -0.2) is 14.4 Å². The van der Waals surface area contributed by atoms with Crippen LogP contribution in [0.4, 0.5) is 0 Å². The summed E-state index contributed by atoms with van der Waals surface area (Å²) in [7, 11) is 0. The standard InChI is InChI=1S/C94H162N4O42/c1-7-9-11-13-15-17-19-21-22-23-24-25-26-28-30-32-34-36-38-40-68(114)98-57(58(109)39-37-35-33-31-29-27-20-18-16-14-12-10-8-2)51-129-87-78(121)77(120)80(66(49-103)131-87)133-88-79(122)85(81(67(50-104)132-88)134-86-56(41-52(3)105)72(115)74(117)63(46-100)130-86)140-94(91(127)128)44-61(112)71(97-55(6)108)84(139-94)76(119)65(48-102)136-93(90(125)126)43-60(111)70(96-54(5)107)83(138-93)75(118)64(47-101)135-92(89(123)124)42-59(110)69(95-53(4)106)82(137-92)73(116)62(113)45-99/h21-22,37,39,56-67,69-88,99-104,109-113,115-122H,7-20,23-36,38,40-51H2,1-6H3,(H,95,106)(H,96,107)(H,97,108)(H,98,114)(H,123,124)(H,125,126)(H,127,128)/b22-21-,39-37+/t56-,57+,58-,59+,60+,61+,62-,63-,64-,65-,66-,67-,69-,70-,71-,72-,73-,74+,75-,76-,77-,78-,79-,80-,81+,82?,83?,84?,85-,86+,87-,88+,92-,93-,94+/m1/s1. The highest BCUT2D eigenvalue weighted by Gasteiger charge is 2.65. The Balaban J connectivity index is 1.30. The molecule has 6 heterocycles. The van der Waals surface area contributed by atoms with Crippen LogP contribution in [0.25, 0.3) is 0 Å². The average Bonchev–Trinajstić information content (AvgIpc) is 0.752. The maximum absolute atomic E-state index is 14.5. The topological polar surface area (TPSA) is 741 Å². The molecule has 6 fully saturated rings. The smallest absolute Gasteiger partial charge is 0.364 e. The Kier molecular flexibility index (Phi) is 54.7. The van der Waals surface area contributed by atoms with Gasteiger partial charge in [0.1, 0.15) is 122 Å². The quantitative estimate of drug-likeness (QED) is 0.0229. The number of hydrogen-bond acceptors (Lipinski definition) is 39. The molecule has 0 aromatic heterocycles. The first-order valence-corrected chi connectivity index (χ1v) is 49.7. The van der Waals surface area contributed by atoms with Crippen LogP contribution >= 0.6 is 0 Å². The van der Waals surface area contributed by atoms with Crippen LogP contribution in [0, 0.1) is 5.92 Å². The summed E-state index contributed by atoms with van der Waals surface area (Å²) >= 11 is 0. The molecule has 0 spiro atoms. The number of carboxylic acids is 3. The zero-order chi connectivity index (χ0) is 104. The fraction of sp³-hybridized carbons (Fsp3) is 0.872. The van der Waals surface area contributed by atoms with E-state index in [9.17, 15) is 151 Å². The van der Waals surface area contributed by atoms with Gasteiger partial charge in [-0.3, -0.25) is 19.2 Å². The van der Waals surface area contributed by atoms with E-state index in [0.717, 1.165) is 124 Å². The predicted molar refractivity (Wildman–Crippen MR) is 488 cm³/mol. The first kappa shape index (κ1) is 123. The number of unbranched alkanes of at least 4 members (excludes halogenated alkanes) is 26. The largest absolute Gasteiger partial charge is 0.477 e. The van der Waals surface area contributed by atoms with Crippen LogP contribution in [-0.2, 0) is 95.2 Å². The van der Waals surface area contributed by atoms with Crippen molar-refractivity contribution in [2.75, 3.05) is 46.2 Å². The lowest BCUT2D eigenvalue weighted by atomic mass is 9.86.